The van der Waals surface area contributed by atoms with Crippen LogP contribution < -0.4 is 11.3 Å². The molecule has 0 aromatic carbocycles. The molecule has 1 aliphatic carbocycles. The first kappa shape index (κ1) is 13.1. The molecular formula is C14H24N2S. The van der Waals surface area contributed by atoms with E-state index in [1.54, 1.807) is 0 Å². The van der Waals surface area contributed by atoms with Crippen molar-refractivity contribution in [3.63, 3.8) is 0 Å². The summed E-state index contributed by atoms with van der Waals surface area (Å²) in [5.74, 6) is 7.44. The zero-order valence-corrected chi connectivity index (χ0v) is 11.5. The van der Waals surface area contributed by atoms with Crippen LogP contribution in [-0.4, -0.2) is 0 Å². The Morgan fingerprint density at radius 1 is 1.41 bits per heavy atom. The van der Waals surface area contributed by atoms with Gasteiger partial charge in [-0.05, 0) is 36.1 Å². The van der Waals surface area contributed by atoms with Gasteiger partial charge in [0.2, 0.25) is 0 Å². The van der Waals surface area contributed by atoms with Gasteiger partial charge in [-0.25, -0.2) is 0 Å². The van der Waals surface area contributed by atoms with Crippen molar-refractivity contribution in [3.8, 4) is 0 Å². The number of hydrogen-bond acceptors (Lipinski definition) is 3. The quantitative estimate of drug-likeness (QED) is 0.617. The van der Waals surface area contributed by atoms with E-state index >= 15 is 0 Å². The van der Waals surface area contributed by atoms with Crippen LogP contribution in [0.15, 0.2) is 17.5 Å². The predicted octanol–water partition coefficient (Wildman–Crippen LogP) is 3.86. The van der Waals surface area contributed by atoms with Gasteiger partial charge in [0.1, 0.15) is 0 Å². The van der Waals surface area contributed by atoms with Crippen LogP contribution in [0.5, 0.6) is 0 Å². The number of rotatable bonds is 5. The standard InChI is InChI=1S/C14H24N2S/c1-2-4-11-6-8-12(9-7-11)14(16-15)13-5-3-10-17-13/h3,5,10-12,14,16H,2,4,6-9,15H2,1H3. The van der Waals surface area contributed by atoms with Crippen LogP contribution in [0.4, 0.5) is 0 Å². The fraction of sp³-hybridized carbons (Fsp3) is 0.714. The van der Waals surface area contributed by atoms with Gasteiger partial charge in [0, 0.05) is 4.88 Å². The zero-order chi connectivity index (χ0) is 12.1. The van der Waals surface area contributed by atoms with Gasteiger partial charge in [-0.2, -0.15) is 0 Å². The van der Waals surface area contributed by atoms with Gasteiger partial charge in [0.15, 0.2) is 0 Å². The van der Waals surface area contributed by atoms with Crippen LogP contribution in [0.25, 0.3) is 0 Å². The Kier molecular flexibility index (Phi) is 5.01. The second-order valence-corrected chi connectivity index (χ2v) is 6.21. The van der Waals surface area contributed by atoms with E-state index in [0.29, 0.717) is 6.04 Å². The summed E-state index contributed by atoms with van der Waals surface area (Å²) >= 11 is 1.82. The highest BCUT2D eigenvalue weighted by atomic mass is 32.1. The predicted molar refractivity (Wildman–Crippen MR) is 74.7 cm³/mol. The largest absolute Gasteiger partial charge is 0.271 e. The Morgan fingerprint density at radius 2 is 2.18 bits per heavy atom. The fourth-order valence-corrected chi connectivity index (χ4v) is 4.02. The molecule has 0 spiro atoms. The first-order chi connectivity index (χ1) is 8.35. The number of thiophene rings is 1. The van der Waals surface area contributed by atoms with Gasteiger partial charge in [0.25, 0.3) is 0 Å². The highest BCUT2D eigenvalue weighted by molar-refractivity contribution is 7.10. The molecule has 3 heteroatoms. The molecule has 1 saturated carbocycles. The third-order valence-electron chi connectivity index (χ3n) is 4.09. The third kappa shape index (κ3) is 3.30. The summed E-state index contributed by atoms with van der Waals surface area (Å²) in [7, 11) is 0. The van der Waals surface area contributed by atoms with Crippen LogP contribution in [-0.2, 0) is 0 Å². The SMILES string of the molecule is CCCC1CCC(C(NN)c2cccs2)CC1. The van der Waals surface area contributed by atoms with E-state index in [-0.39, 0.29) is 0 Å². The number of hydrazine groups is 1. The number of hydrogen-bond donors (Lipinski definition) is 2. The lowest BCUT2D eigenvalue weighted by Gasteiger charge is -2.33. The smallest absolute Gasteiger partial charge is 0.0581 e. The zero-order valence-electron chi connectivity index (χ0n) is 10.7. The second-order valence-electron chi connectivity index (χ2n) is 5.23. The van der Waals surface area contributed by atoms with Gasteiger partial charge in [-0.1, -0.05) is 38.7 Å². The van der Waals surface area contributed by atoms with E-state index < -0.39 is 0 Å². The molecular weight excluding hydrogens is 228 g/mol. The van der Waals surface area contributed by atoms with Crippen LogP contribution in [0.1, 0.15) is 56.4 Å². The molecule has 1 heterocycles. The summed E-state index contributed by atoms with van der Waals surface area (Å²) in [5.41, 5.74) is 3.03. The molecule has 2 rings (SSSR count). The molecule has 17 heavy (non-hydrogen) atoms. The van der Waals surface area contributed by atoms with E-state index in [1.165, 1.54) is 43.4 Å². The highest BCUT2D eigenvalue weighted by Crippen LogP contribution is 2.39. The Morgan fingerprint density at radius 3 is 2.71 bits per heavy atom. The summed E-state index contributed by atoms with van der Waals surface area (Å²) in [5, 5.41) is 2.14. The van der Waals surface area contributed by atoms with Crippen LogP contribution in [0, 0.1) is 11.8 Å². The summed E-state index contributed by atoms with van der Waals surface area (Å²) in [6, 6.07) is 4.69. The van der Waals surface area contributed by atoms with Crippen molar-refractivity contribution in [2.75, 3.05) is 0 Å². The molecule has 1 unspecified atom stereocenters. The minimum atomic E-state index is 0.373. The molecule has 1 atom stereocenters. The normalized spacial score (nSPS) is 26.9. The molecule has 0 saturated heterocycles. The van der Waals surface area contributed by atoms with Crippen LogP contribution in [0.3, 0.4) is 0 Å². The molecule has 96 valence electrons. The number of nitrogens with two attached hydrogens (primary N) is 1. The van der Waals surface area contributed by atoms with E-state index in [4.69, 9.17) is 5.84 Å². The summed E-state index contributed by atoms with van der Waals surface area (Å²) in [6.45, 7) is 2.29. The van der Waals surface area contributed by atoms with Gasteiger partial charge < -0.3 is 0 Å². The summed E-state index contributed by atoms with van der Waals surface area (Å²) in [6.07, 6.45) is 8.18. The third-order valence-corrected chi connectivity index (χ3v) is 5.04. The maximum atomic E-state index is 5.74. The Balaban J connectivity index is 1.90. The molecule has 1 fully saturated rings. The van der Waals surface area contributed by atoms with Gasteiger partial charge in [0.05, 0.1) is 6.04 Å². The lowest BCUT2D eigenvalue weighted by atomic mass is 9.77. The molecule has 0 aliphatic heterocycles. The van der Waals surface area contributed by atoms with Crippen molar-refractivity contribution in [2.45, 2.75) is 51.5 Å². The van der Waals surface area contributed by atoms with Gasteiger partial charge in [-0.3, -0.25) is 11.3 Å². The molecule has 1 aliphatic rings. The van der Waals surface area contributed by atoms with Crippen molar-refractivity contribution in [1.29, 1.82) is 0 Å². The van der Waals surface area contributed by atoms with Crippen molar-refractivity contribution in [1.82, 2.24) is 5.43 Å². The monoisotopic (exact) mass is 252 g/mol. The Labute approximate surface area is 109 Å². The molecule has 0 bridgehead atoms. The summed E-state index contributed by atoms with van der Waals surface area (Å²) in [4.78, 5) is 1.39. The lowest BCUT2D eigenvalue weighted by Crippen LogP contribution is -2.34. The topological polar surface area (TPSA) is 38.0 Å². The molecule has 3 N–H and O–H groups in total. The van der Waals surface area contributed by atoms with Crippen molar-refractivity contribution >= 4 is 11.3 Å². The van der Waals surface area contributed by atoms with E-state index in [9.17, 15) is 0 Å². The van der Waals surface area contributed by atoms with Crippen LogP contribution >= 0.6 is 11.3 Å². The van der Waals surface area contributed by atoms with Gasteiger partial charge in [-0.15, -0.1) is 11.3 Å². The second kappa shape index (κ2) is 6.53. The van der Waals surface area contributed by atoms with Gasteiger partial charge >= 0.3 is 0 Å². The molecule has 0 radical (unpaired) electrons. The Bertz CT molecular complexity index is 302. The first-order valence-corrected chi connectivity index (χ1v) is 7.72. The van der Waals surface area contributed by atoms with E-state index in [2.05, 4.69) is 29.9 Å². The average molecular weight is 252 g/mol. The number of nitrogens with one attached hydrogen (secondary N) is 1. The average Bonchev–Trinajstić information content (AvgIpc) is 2.86. The molecule has 2 nitrogen and oxygen atoms in total. The van der Waals surface area contributed by atoms with E-state index in [1.807, 2.05) is 11.3 Å². The minimum Gasteiger partial charge on any atom is -0.271 e. The van der Waals surface area contributed by atoms with Crippen LogP contribution in [0.2, 0.25) is 0 Å². The maximum absolute atomic E-state index is 5.74. The lowest BCUT2D eigenvalue weighted by molar-refractivity contribution is 0.217. The van der Waals surface area contributed by atoms with E-state index in [0.717, 1.165) is 11.8 Å². The summed E-state index contributed by atoms with van der Waals surface area (Å²) < 4.78 is 0. The van der Waals surface area contributed by atoms with Crippen molar-refractivity contribution in [2.24, 2.45) is 17.7 Å². The maximum Gasteiger partial charge on any atom is 0.0581 e. The molecule has 1 aromatic heterocycles. The van der Waals surface area contributed by atoms with Crippen molar-refractivity contribution in [3.05, 3.63) is 22.4 Å². The molecule has 1 aromatic rings. The van der Waals surface area contributed by atoms with Crippen molar-refractivity contribution < 1.29 is 0 Å². The Hall–Kier alpha value is -0.380. The molecule has 0 amide bonds. The minimum absolute atomic E-state index is 0.373. The first-order valence-electron chi connectivity index (χ1n) is 6.84. The fourth-order valence-electron chi connectivity index (χ4n) is 3.14. The highest BCUT2D eigenvalue weighted by Gasteiger charge is 2.28.